The van der Waals surface area contributed by atoms with Crippen molar-refractivity contribution in [3.63, 3.8) is 0 Å². The smallest absolute Gasteiger partial charge is 0.303 e. The molecule has 0 rings (SSSR count). The van der Waals surface area contributed by atoms with Crippen LogP contribution in [0.15, 0.2) is 24.3 Å². The number of nitro groups is 1. The van der Waals surface area contributed by atoms with Crippen molar-refractivity contribution in [2.24, 2.45) is 0 Å². The van der Waals surface area contributed by atoms with Crippen LogP contribution < -0.4 is 0 Å². The minimum Gasteiger partial charge on any atom is -0.481 e. The van der Waals surface area contributed by atoms with Gasteiger partial charge in [0.05, 0.1) is 0 Å². The maximum Gasteiger partial charge on any atom is 0.303 e. The van der Waals surface area contributed by atoms with Crippen LogP contribution in [0, 0.1) is 10.1 Å². The zero-order valence-corrected chi connectivity index (χ0v) is 15.7. The van der Waals surface area contributed by atoms with Gasteiger partial charge in [0.1, 0.15) is 0 Å². The first kappa shape index (κ1) is 23.4. The summed E-state index contributed by atoms with van der Waals surface area (Å²) in [6.07, 6.45) is 19.6. The lowest BCUT2D eigenvalue weighted by Gasteiger charge is -2.08. The summed E-state index contributed by atoms with van der Waals surface area (Å²) in [5.74, 6) is -0.772. The van der Waals surface area contributed by atoms with E-state index in [1.165, 1.54) is 19.3 Å². The van der Waals surface area contributed by atoms with Gasteiger partial charge in [0.25, 0.3) is 0 Å². The second kappa shape index (κ2) is 17.2. The Morgan fingerprint density at radius 1 is 0.960 bits per heavy atom. The van der Waals surface area contributed by atoms with Crippen molar-refractivity contribution in [1.29, 1.82) is 0 Å². The fourth-order valence-corrected chi connectivity index (χ4v) is 2.67. The molecule has 5 heteroatoms. The number of rotatable bonds is 17. The van der Waals surface area contributed by atoms with E-state index in [2.05, 4.69) is 25.2 Å². The summed E-state index contributed by atoms with van der Waals surface area (Å²) in [5, 5.41) is 19.6. The molecule has 0 aliphatic rings. The molecule has 1 unspecified atom stereocenters. The van der Waals surface area contributed by atoms with Gasteiger partial charge in [0.15, 0.2) is 0 Å². The molecular formula is C20H35NO4. The normalized spacial score (nSPS) is 12.8. The monoisotopic (exact) mass is 353 g/mol. The molecule has 144 valence electrons. The van der Waals surface area contributed by atoms with Crippen LogP contribution in [0.25, 0.3) is 0 Å². The molecule has 0 amide bonds. The molecule has 0 bridgehead atoms. The first-order valence-corrected chi connectivity index (χ1v) is 9.73. The number of nitrogens with zero attached hydrogens (tertiary/aromatic N) is 1. The Hall–Kier alpha value is -1.65. The first-order chi connectivity index (χ1) is 12.1. The average molecular weight is 354 g/mol. The standard InChI is InChI=1S/C20H35NO4/c1-2-3-4-5-6-7-8-9-10-13-16-19(21(24)25)17-14-11-12-15-18-20(22)23/h6-7,9-10,19H,2-5,8,11-18H2,1H3,(H,22,23)/b7-6+,10-9+. The predicted octanol–water partition coefficient (Wildman–Crippen LogP) is 5.92. The number of carboxylic acids is 1. The SMILES string of the molecule is CCCCC/C=C/C/C=C/CCC(CCCCCCC(=O)O)[N+](=O)[O-]. The van der Waals surface area contributed by atoms with Crippen LogP contribution in [0.2, 0.25) is 0 Å². The third-order valence-corrected chi connectivity index (χ3v) is 4.22. The van der Waals surface area contributed by atoms with Crippen molar-refractivity contribution in [2.45, 2.75) is 96.4 Å². The zero-order valence-electron chi connectivity index (χ0n) is 15.7. The Morgan fingerprint density at radius 3 is 2.28 bits per heavy atom. The van der Waals surface area contributed by atoms with Gasteiger partial charge >= 0.3 is 5.97 Å². The van der Waals surface area contributed by atoms with Gasteiger partial charge in [-0.2, -0.15) is 0 Å². The Balaban J connectivity index is 3.73. The van der Waals surface area contributed by atoms with Crippen LogP contribution in [0.5, 0.6) is 0 Å². The maximum atomic E-state index is 11.1. The van der Waals surface area contributed by atoms with E-state index in [9.17, 15) is 14.9 Å². The van der Waals surface area contributed by atoms with E-state index < -0.39 is 12.0 Å². The van der Waals surface area contributed by atoms with Gasteiger partial charge in [-0.05, 0) is 38.5 Å². The molecule has 0 radical (unpaired) electrons. The number of unbranched alkanes of at least 4 members (excludes halogenated alkanes) is 6. The summed E-state index contributed by atoms with van der Waals surface area (Å²) < 4.78 is 0. The van der Waals surface area contributed by atoms with Crippen LogP contribution in [-0.2, 0) is 4.79 Å². The second-order valence-electron chi connectivity index (χ2n) is 6.54. The molecule has 0 aliphatic carbocycles. The molecule has 0 fully saturated rings. The molecule has 5 nitrogen and oxygen atoms in total. The molecule has 0 aromatic carbocycles. The molecule has 0 saturated carbocycles. The van der Waals surface area contributed by atoms with Crippen LogP contribution in [-0.4, -0.2) is 22.0 Å². The van der Waals surface area contributed by atoms with Crippen molar-refractivity contribution >= 4 is 5.97 Å². The fourth-order valence-electron chi connectivity index (χ4n) is 2.67. The third kappa shape index (κ3) is 17.0. The van der Waals surface area contributed by atoms with E-state index in [-0.39, 0.29) is 11.3 Å². The lowest BCUT2D eigenvalue weighted by molar-refractivity contribution is -0.524. The van der Waals surface area contributed by atoms with Crippen molar-refractivity contribution in [3.8, 4) is 0 Å². The minimum absolute atomic E-state index is 0.168. The highest BCUT2D eigenvalue weighted by molar-refractivity contribution is 5.66. The topological polar surface area (TPSA) is 80.4 Å². The van der Waals surface area contributed by atoms with Gasteiger partial charge < -0.3 is 5.11 Å². The molecule has 0 aromatic rings. The van der Waals surface area contributed by atoms with E-state index >= 15 is 0 Å². The van der Waals surface area contributed by atoms with Gasteiger partial charge in [-0.3, -0.25) is 14.9 Å². The number of hydrogen-bond acceptors (Lipinski definition) is 3. The lowest BCUT2D eigenvalue weighted by atomic mass is 10.0. The molecule has 1 N–H and O–H groups in total. The number of aliphatic carboxylic acids is 1. The fraction of sp³-hybridized carbons (Fsp3) is 0.750. The lowest BCUT2D eigenvalue weighted by Crippen LogP contribution is -2.18. The molecular weight excluding hydrogens is 318 g/mol. The predicted molar refractivity (Wildman–Crippen MR) is 102 cm³/mol. The maximum absolute atomic E-state index is 11.1. The van der Waals surface area contributed by atoms with E-state index in [0.717, 1.165) is 38.5 Å². The third-order valence-electron chi connectivity index (χ3n) is 4.22. The molecule has 0 aliphatic heterocycles. The van der Waals surface area contributed by atoms with Gasteiger partial charge in [-0.15, -0.1) is 0 Å². The number of carbonyl (C=O) groups is 1. The quantitative estimate of drug-likeness (QED) is 0.152. The first-order valence-electron chi connectivity index (χ1n) is 9.73. The molecule has 0 aromatic heterocycles. The molecule has 0 heterocycles. The number of hydrogen-bond donors (Lipinski definition) is 1. The van der Waals surface area contributed by atoms with Gasteiger partial charge in [-0.25, -0.2) is 0 Å². The molecule has 0 saturated heterocycles. The highest BCUT2D eigenvalue weighted by Crippen LogP contribution is 2.13. The van der Waals surface area contributed by atoms with Gasteiger partial charge in [0.2, 0.25) is 6.04 Å². The van der Waals surface area contributed by atoms with Crippen LogP contribution in [0.1, 0.15) is 90.4 Å². The summed E-state index contributed by atoms with van der Waals surface area (Å²) in [6, 6.07) is -0.478. The Bertz CT molecular complexity index is 405. The van der Waals surface area contributed by atoms with Gasteiger partial charge in [-0.1, -0.05) is 56.9 Å². The van der Waals surface area contributed by atoms with E-state index in [4.69, 9.17) is 5.11 Å². The van der Waals surface area contributed by atoms with Crippen molar-refractivity contribution < 1.29 is 14.8 Å². The molecule has 1 atom stereocenters. The summed E-state index contributed by atoms with van der Waals surface area (Å²) in [4.78, 5) is 21.3. The summed E-state index contributed by atoms with van der Waals surface area (Å²) in [6.45, 7) is 2.20. The Labute approximate surface area is 152 Å². The summed E-state index contributed by atoms with van der Waals surface area (Å²) in [5.41, 5.74) is 0. The van der Waals surface area contributed by atoms with E-state index in [1.54, 1.807) is 0 Å². The Kier molecular flexibility index (Phi) is 16.0. The van der Waals surface area contributed by atoms with Gasteiger partial charge in [0, 0.05) is 24.2 Å². The van der Waals surface area contributed by atoms with Crippen molar-refractivity contribution in [3.05, 3.63) is 34.4 Å². The summed E-state index contributed by atoms with van der Waals surface area (Å²) >= 11 is 0. The minimum atomic E-state index is -0.772. The van der Waals surface area contributed by atoms with Crippen molar-refractivity contribution in [1.82, 2.24) is 0 Å². The second-order valence-corrected chi connectivity index (χ2v) is 6.54. The average Bonchev–Trinajstić information content (AvgIpc) is 2.57. The highest BCUT2D eigenvalue weighted by Gasteiger charge is 2.18. The van der Waals surface area contributed by atoms with E-state index in [0.29, 0.717) is 19.3 Å². The molecule has 25 heavy (non-hydrogen) atoms. The molecule has 0 spiro atoms. The van der Waals surface area contributed by atoms with Crippen LogP contribution >= 0.6 is 0 Å². The van der Waals surface area contributed by atoms with Crippen LogP contribution in [0.3, 0.4) is 0 Å². The van der Waals surface area contributed by atoms with Crippen LogP contribution in [0.4, 0.5) is 0 Å². The summed E-state index contributed by atoms with van der Waals surface area (Å²) in [7, 11) is 0. The largest absolute Gasteiger partial charge is 0.481 e. The Morgan fingerprint density at radius 2 is 1.64 bits per heavy atom. The number of allylic oxidation sites excluding steroid dienone is 4. The van der Waals surface area contributed by atoms with E-state index in [1.807, 2.05) is 6.08 Å². The van der Waals surface area contributed by atoms with Crippen molar-refractivity contribution in [2.75, 3.05) is 0 Å². The number of carboxylic acid groups (broad SMARTS) is 1. The highest BCUT2D eigenvalue weighted by atomic mass is 16.6. The zero-order chi connectivity index (χ0) is 18.8.